The van der Waals surface area contributed by atoms with Crippen molar-refractivity contribution in [3.05, 3.63) is 23.8 Å². The van der Waals surface area contributed by atoms with E-state index in [1.54, 1.807) is 0 Å². The quantitative estimate of drug-likeness (QED) is 0.861. The van der Waals surface area contributed by atoms with Crippen LogP contribution in [0.1, 0.15) is 18.9 Å². The lowest BCUT2D eigenvalue weighted by Gasteiger charge is -2.43. The Bertz CT molecular complexity index is 427. The lowest BCUT2D eigenvalue weighted by molar-refractivity contribution is -0.0665. The third-order valence-electron chi connectivity index (χ3n) is 3.45. The molecule has 92 valence electrons. The van der Waals surface area contributed by atoms with E-state index >= 15 is 0 Å². The minimum Gasteiger partial charge on any atom is -0.454 e. The Hall–Kier alpha value is -1.26. The molecular weight excluding hydrogens is 218 g/mol. The second-order valence-electron chi connectivity index (χ2n) is 5.02. The first-order valence-corrected chi connectivity index (χ1v) is 5.93. The van der Waals surface area contributed by atoms with E-state index in [0.717, 1.165) is 31.1 Å². The van der Waals surface area contributed by atoms with Crippen molar-refractivity contribution in [1.82, 2.24) is 0 Å². The molecule has 2 heterocycles. The van der Waals surface area contributed by atoms with Crippen molar-refractivity contribution in [2.45, 2.75) is 24.8 Å². The number of benzene rings is 1. The minimum absolute atomic E-state index is 0.0646. The van der Waals surface area contributed by atoms with E-state index in [2.05, 4.69) is 12.1 Å². The molecule has 2 N–H and O–H groups in total. The zero-order valence-electron chi connectivity index (χ0n) is 9.94. The van der Waals surface area contributed by atoms with Crippen molar-refractivity contribution in [1.29, 1.82) is 0 Å². The Morgan fingerprint density at radius 1 is 1.29 bits per heavy atom. The summed E-state index contributed by atoms with van der Waals surface area (Å²) in [5.74, 6) is 1.66. The lowest BCUT2D eigenvalue weighted by Crippen LogP contribution is -2.49. The molecule has 1 aromatic rings. The van der Waals surface area contributed by atoms with E-state index < -0.39 is 0 Å². The second kappa shape index (κ2) is 3.89. The first-order chi connectivity index (χ1) is 8.20. The number of hydrogen-bond donors (Lipinski definition) is 1. The van der Waals surface area contributed by atoms with Crippen molar-refractivity contribution >= 4 is 0 Å². The number of ether oxygens (including phenoxy) is 3. The Morgan fingerprint density at radius 2 is 2.06 bits per heavy atom. The number of nitrogens with two attached hydrogens (primary N) is 1. The first kappa shape index (κ1) is 10.9. The van der Waals surface area contributed by atoms with Gasteiger partial charge in [-0.3, -0.25) is 0 Å². The maximum absolute atomic E-state index is 5.93. The van der Waals surface area contributed by atoms with Gasteiger partial charge in [0.25, 0.3) is 0 Å². The normalized spacial score (nSPS) is 22.0. The molecule has 17 heavy (non-hydrogen) atoms. The molecule has 0 amide bonds. The Labute approximate surface area is 101 Å². The predicted octanol–water partition coefficient (Wildman–Crippen LogP) is 1.42. The molecular formula is C13H17NO3. The average molecular weight is 235 g/mol. The molecule has 0 bridgehead atoms. The van der Waals surface area contributed by atoms with E-state index in [1.165, 1.54) is 5.56 Å². The molecule has 0 aliphatic carbocycles. The maximum atomic E-state index is 5.93. The molecule has 0 saturated carbocycles. The third kappa shape index (κ3) is 1.77. The van der Waals surface area contributed by atoms with E-state index in [9.17, 15) is 0 Å². The van der Waals surface area contributed by atoms with Gasteiger partial charge in [-0.2, -0.15) is 0 Å². The van der Waals surface area contributed by atoms with Crippen LogP contribution in [0.15, 0.2) is 18.2 Å². The summed E-state index contributed by atoms with van der Waals surface area (Å²) in [5, 5.41) is 0. The molecule has 2 aliphatic rings. The molecule has 1 atom stereocenters. The van der Waals surface area contributed by atoms with Gasteiger partial charge in [0.15, 0.2) is 11.5 Å². The Morgan fingerprint density at radius 3 is 2.71 bits per heavy atom. The molecule has 0 spiro atoms. The zero-order valence-corrected chi connectivity index (χ0v) is 9.94. The molecule has 4 nitrogen and oxygen atoms in total. The molecule has 1 unspecified atom stereocenters. The lowest BCUT2D eigenvalue weighted by atomic mass is 9.74. The molecule has 1 fully saturated rings. The van der Waals surface area contributed by atoms with Crippen LogP contribution in [0.3, 0.4) is 0 Å². The first-order valence-electron chi connectivity index (χ1n) is 5.93. The van der Waals surface area contributed by atoms with Gasteiger partial charge in [0.2, 0.25) is 6.79 Å². The highest BCUT2D eigenvalue weighted by atomic mass is 16.7. The molecule has 2 aliphatic heterocycles. The summed E-state index contributed by atoms with van der Waals surface area (Å²) in [6.45, 7) is 3.84. The highest BCUT2D eigenvalue weighted by Crippen LogP contribution is 2.41. The van der Waals surface area contributed by atoms with E-state index in [-0.39, 0.29) is 11.5 Å². The van der Waals surface area contributed by atoms with Crippen molar-refractivity contribution in [3.63, 3.8) is 0 Å². The van der Waals surface area contributed by atoms with Crippen LogP contribution in [0, 0.1) is 0 Å². The number of fused-ring (bicyclic) bond motifs is 1. The number of hydrogen-bond acceptors (Lipinski definition) is 4. The van der Waals surface area contributed by atoms with Crippen LogP contribution >= 0.6 is 0 Å². The summed E-state index contributed by atoms with van der Waals surface area (Å²) in [5.41, 5.74) is 7.23. The van der Waals surface area contributed by atoms with Crippen LogP contribution in [-0.2, 0) is 10.2 Å². The SMILES string of the molecule is CC(N)CC1(c2ccc3c(c2)OCO3)COC1. The smallest absolute Gasteiger partial charge is 0.231 e. The summed E-state index contributed by atoms with van der Waals surface area (Å²) in [6.07, 6.45) is 0.937. The van der Waals surface area contributed by atoms with E-state index in [1.807, 2.05) is 13.0 Å². The van der Waals surface area contributed by atoms with Crippen LogP contribution < -0.4 is 15.2 Å². The standard InChI is InChI=1S/C13H17NO3/c1-9(14)5-13(6-15-7-13)10-2-3-11-12(4-10)17-8-16-11/h2-4,9H,5-8,14H2,1H3. The second-order valence-corrected chi connectivity index (χ2v) is 5.02. The van der Waals surface area contributed by atoms with Crippen molar-refractivity contribution in [2.75, 3.05) is 20.0 Å². The fourth-order valence-corrected chi connectivity index (χ4v) is 2.59. The fraction of sp³-hybridized carbons (Fsp3) is 0.538. The molecule has 0 radical (unpaired) electrons. The predicted molar refractivity (Wildman–Crippen MR) is 63.3 cm³/mol. The minimum atomic E-state index is 0.0646. The van der Waals surface area contributed by atoms with Crippen molar-refractivity contribution in [2.24, 2.45) is 5.73 Å². The zero-order chi connectivity index (χ0) is 11.9. The molecule has 1 aromatic carbocycles. The summed E-state index contributed by atoms with van der Waals surface area (Å²) in [4.78, 5) is 0. The fourth-order valence-electron chi connectivity index (χ4n) is 2.59. The van der Waals surface area contributed by atoms with Crippen LogP contribution in [0.5, 0.6) is 11.5 Å². The van der Waals surface area contributed by atoms with Crippen LogP contribution in [0.2, 0.25) is 0 Å². The van der Waals surface area contributed by atoms with Gasteiger partial charge in [0, 0.05) is 11.5 Å². The summed E-state index contributed by atoms with van der Waals surface area (Å²) >= 11 is 0. The van der Waals surface area contributed by atoms with Crippen LogP contribution in [0.4, 0.5) is 0 Å². The highest BCUT2D eigenvalue weighted by Gasteiger charge is 2.41. The van der Waals surface area contributed by atoms with Gasteiger partial charge in [-0.1, -0.05) is 6.07 Å². The number of rotatable bonds is 3. The monoisotopic (exact) mass is 235 g/mol. The van der Waals surface area contributed by atoms with E-state index in [4.69, 9.17) is 19.9 Å². The third-order valence-corrected chi connectivity index (χ3v) is 3.45. The Balaban J connectivity index is 1.91. The summed E-state index contributed by atoms with van der Waals surface area (Å²) < 4.78 is 16.1. The largest absolute Gasteiger partial charge is 0.454 e. The van der Waals surface area contributed by atoms with Gasteiger partial charge in [-0.15, -0.1) is 0 Å². The summed E-state index contributed by atoms with van der Waals surface area (Å²) in [6, 6.07) is 6.30. The van der Waals surface area contributed by atoms with Gasteiger partial charge in [-0.25, -0.2) is 0 Å². The van der Waals surface area contributed by atoms with Gasteiger partial charge in [-0.05, 0) is 31.0 Å². The molecule has 1 saturated heterocycles. The Kier molecular flexibility index (Phi) is 2.49. The van der Waals surface area contributed by atoms with Gasteiger partial charge >= 0.3 is 0 Å². The van der Waals surface area contributed by atoms with Gasteiger partial charge < -0.3 is 19.9 Å². The topological polar surface area (TPSA) is 53.7 Å². The van der Waals surface area contributed by atoms with Gasteiger partial charge in [0.1, 0.15) is 0 Å². The summed E-state index contributed by atoms with van der Waals surface area (Å²) in [7, 11) is 0. The van der Waals surface area contributed by atoms with Crippen molar-refractivity contribution in [3.8, 4) is 11.5 Å². The van der Waals surface area contributed by atoms with Gasteiger partial charge in [0.05, 0.1) is 13.2 Å². The van der Waals surface area contributed by atoms with Crippen molar-refractivity contribution < 1.29 is 14.2 Å². The van der Waals surface area contributed by atoms with Crippen LogP contribution in [0.25, 0.3) is 0 Å². The van der Waals surface area contributed by atoms with Crippen LogP contribution in [-0.4, -0.2) is 26.0 Å². The van der Waals surface area contributed by atoms with E-state index in [0.29, 0.717) is 6.79 Å². The molecule has 3 rings (SSSR count). The maximum Gasteiger partial charge on any atom is 0.231 e. The molecule has 4 heteroatoms. The molecule has 0 aromatic heterocycles. The average Bonchev–Trinajstić information content (AvgIpc) is 2.69. The highest BCUT2D eigenvalue weighted by molar-refractivity contribution is 5.47.